The fourth-order valence-corrected chi connectivity index (χ4v) is 8.42. The summed E-state index contributed by atoms with van der Waals surface area (Å²) >= 11 is 0. The van der Waals surface area contributed by atoms with Gasteiger partial charge in [0.15, 0.2) is 5.82 Å². The largest absolute Gasteiger partial charge is 0.231 e. The molecule has 3 aromatic heterocycles. The smallest absolute Gasteiger partial charge is 0.160 e. The molecule has 0 spiro atoms. The Balaban J connectivity index is 1.07. The van der Waals surface area contributed by atoms with Crippen molar-refractivity contribution in [1.29, 1.82) is 0 Å². The summed E-state index contributed by atoms with van der Waals surface area (Å²) in [6.07, 6.45) is 0. The maximum Gasteiger partial charge on any atom is 0.160 e. The van der Waals surface area contributed by atoms with Crippen molar-refractivity contribution in [3.63, 3.8) is 0 Å². The highest BCUT2D eigenvalue weighted by molar-refractivity contribution is 6.09. The maximum atomic E-state index is 5.39. The monoisotopic (exact) mass is 778 g/mol. The predicted octanol–water partition coefficient (Wildman–Crippen LogP) is 14.6. The molecule has 0 unspecified atom stereocenters. The first kappa shape index (κ1) is 35.9. The Hall–Kier alpha value is -8.21. The number of pyridine rings is 1. The first-order valence-corrected chi connectivity index (χ1v) is 20.6. The van der Waals surface area contributed by atoms with Crippen molar-refractivity contribution in [2.24, 2.45) is 0 Å². The van der Waals surface area contributed by atoms with Gasteiger partial charge in [-0.25, -0.2) is 14.5 Å². The number of hydrogen-bond acceptors (Lipinski definition) is 3. The Morgan fingerprint density at radius 1 is 0.311 bits per heavy atom. The van der Waals surface area contributed by atoms with Crippen LogP contribution in [-0.4, -0.2) is 19.6 Å². The average Bonchev–Trinajstić information content (AvgIpc) is 3.76. The second-order valence-corrected chi connectivity index (χ2v) is 15.3. The topological polar surface area (TPSA) is 43.1 Å². The van der Waals surface area contributed by atoms with Crippen molar-refractivity contribution in [2.45, 2.75) is 0 Å². The van der Waals surface area contributed by atoms with Gasteiger partial charge in [0, 0.05) is 38.8 Å². The van der Waals surface area contributed by atoms with Crippen LogP contribution in [0.1, 0.15) is 0 Å². The van der Waals surface area contributed by atoms with Gasteiger partial charge in [-0.15, -0.1) is 0 Å². The Bertz CT molecular complexity index is 3320. The third kappa shape index (κ3) is 6.86. The van der Waals surface area contributed by atoms with Gasteiger partial charge >= 0.3 is 0 Å². The fourth-order valence-electron chi connectivity index (χ4n) is 8.42. The van der Waals surface area contributed by atoms with E-state index in [0.29, 0.717) is 5.82 Å². The molecule has 0 saturated carbocycles. The SMILES string of the molecule is c1ccc(-c2cccc(-c3cc(-c4cccc(-c5ccc6c(c5)cc(-c5ccccc5)n5nc(-c7ccccc7)c(-c7ccccc7)c65)c4)nc(-c4ccccc4)n3)c2)cc1. The maximum absolute atomic E-state index is 5.39. The van der Waals surface area contributed by atoms with Gasteiger partial charge in [-0.3, -0.25) is 0 Å². The summed E-state index contributed by atoms with van der Waals surface area (Å²) < 4.78 is 2.15. The first-order valence-electron chi connectivity index (χ1n) is 20.6. The summed E-state index contributed by atoms with van der Waals surface area (Å²) in [6, 6.07) is 81.0. The molecule has 286 valence electrons. The van der Waals surface area contributed by atoms with Gasteiger partial charge in [0.1, 0.15) is 5.69 Å². The molecule has 0 amide bonds. The lowest BCUT2D eigenvalue weighted by atomic mass is 9.94. The second kappa shape index (κ2) is 15.5. The van der Waals surface area contributed by atoms with Crippen LogP contribution in [-0.2, 0) is 0 Å². The van der Waals surface area contributed by atoms with Crippen LogP contribution < -0.4 is 0 Å². The van der Waals surface area contributed by atoms with E-state index in [0.717, 1.165) is 94.7 Å². The zero-order chi connectivity index (χ0) is 40.5. The van der Waals surface area contributed by atoms with Crippen LogP contribution in [0.25, 0.3) is 106 Å². The van der Waals surface area contributed by atoms with E-state index in [-0.39, 0.29) is 0 Å². The minimum Gasteiger partial charge on any atom is -0.231 e. The van der Waals surface area contributed by atoms with Gasteiger partial charge in [-0.2, -0.15) is 5.10 Å². The molecule has 0 fully saturated rings. The summed E-state index contributed by atoms with van der Waals surface area (Å²) in [5, 5.41) is 7.67. The lowest BCUT2D eigenvalue weighted by Gasteiger charge is -2.13. The van der Waals surface area contributed by atoms with Gasteiger partial charge in [0.25, 0.3) is 0 Å². The molecule has 8 aromatic carbocycles. The highest BCUT2D eigenvalue weighted by Crippen LogP contribution is 2.42. The fraction of sp³-hybridized carbons (Fsp3) is 0. The molecular weight excluding hydrogens is 741 g/mol. The number of nitrogens with zero attached hydrogens (tertiary/aromatic N) is 4. The molecule has 3 heterocycles. The highest BCUT2D eigenvalue weighted by atomic mass is 15.2. The molecule has 0 aliphatic rings. The molecule has 0 bridgehead atoms. The molecule has 11 aromatic rings. The average molecular weight is 779 g/mol. The molecule has 0 aliphatic heterocycles. The summed E-state index contributed by atoms with van der Waals surface area (Å²) in [6.45, 7) is 0. The lowest BCUT2D eigenvalue weighted by molar-refractivity contribution is 0.979. The van der Waals surface area contributed by atoms with Crippen LogP contribution in [0.3, 0.4) is 0 Å². The van der Waals surface area contributed by atoms with Crippen LogP contribution in [0.5, 0.6) is 0 Å². The van der Waals surface area contributed by atoms with Crippen molar-refractivity contribution in [3.05, 3.63) is 231 Å². The second-order valence-electron chi connectivity index (χ2n) is 15.3. The van der Waals surface area contributed by atoms with Crippen LogP contribution in [0.15, 0.2) is 231 Å². The van der Waals surface area contributed by atoms with Gasteiger partial charge < -0.3 is 0 Å². The number of fused-ring (bicyclic) bond motifs is 3. The lowest BCUT2D eigenvalue weighted by Crippen LogP contribution is -1.96. The molecule has 11 rings (SSSR count). The summed E-state index contributed by atoms with van der Waals surface area (Å²) in [5.41, 5.74) is 16.8. The Morgan fingerprint density at radius 2 is 0.770 bits per heavy atom. The van der Waals surface area contributed by atoms with E-state index in [1.165, 1.54) is 5.56 Å². The number of rotatable bonds is 8. The third-order valence-corrected chi connectivity index (χ3v) is 11.4. The zero-order valence-electron chi connectivity index (χ0n) is 33.2. The normalized spacial score (nSPS) is 11.3. The third-order valence-electron chi connectivity index (χ3n) is 11.4. The number of aromatic nitrogens is 4. The van der Waals surface area contributed by atoms with Crippen molar-refractivity contribution in [1.82, 2.24) is 19.6 Å². The van der Waals surface area contributed by atoms with Crippen molar-refractivity contribution in [3.8, 4) is 89.8 Å². The number of benzene rings is 8. The van der Waals surface area contributed by atoms with E-state index >= 15 is 0 Å². The van der Waals surface area contributed by atoms with E-state index in [4.69, 9.17) is 15.1 Å². The van der Waals surface area contributed by atoms with E-state index in [2.05, 4.69) is 211 Å². The van der Waals surface area contributed by atoms with E-state index < -0.39 is 0 Å². The predicted molar refractivity (Wildman–Crippen MR) is 252 cm³/mol. The van der Waals surface area contributed by atoms with Crippen LogP contribution in [0, 0.1) is 0 Å². The molecular formula is C57H38N4. The van der Waals surface area contributed by atoms with Gasteiger partial charge in [0.2, 0.25) is 0 Å². The first-order chi connectivity index (χ1) is 30.2. The number of hydrogen-bond donors (Lipinski definition) is 0. The molecule has 4 heteroatoms. The minimum absolute atomic E-state index is 0.691. The zero-order valence-corrected chi connectivity index (χ0v) is 33.2. The molecule has 0 radical (unpaired) electrons. The summed E-state index contributed by atoms with van der Waals surface area (Å²) in [7, 11) is 0. The molecule has 0 N–H and O–H groups in total. The summed E-state index contributed by atoms with van der Waals surface area (Å²) in [4.78, 5) is 10.3. The Labute approximate surface area is 354 Å². The van der Waals surface area contributed by atoms with Crippen LogP contribution in [0.2, 0.25) is 0 Å². The van der Waals surface area contributed by atoms with Crippen molar-refractivity contribution < 1.29 is 0 Å². The Kier molecular flexibility index (Phi) is 9.14. The molecule has 0 saturated heterocycles. The van der Waals surface area contributed by atoms with Crippen molar-refractivity contribution >= 4 is 16.3 Å². The van der Waals surface area contributed by atoms with E-state index in [9.17, 15) is 0 Å². The standard InChI is InChI=1S/C57H38N4/c1-6-18-39(19-7-1)44-28-16-30-47(34-44)51-38-52(59-57(58-51)43-26-14-5-15-27-43)48-31-17-29-45(35-48)46-32-33-50-49(36-46)37-53(40-20-8-2-9-21-40)61-56(50)54(41-22-10-3-11-23-41)55(60-61)42-24-12-4-13-25-42/h1-38H. The van der Waals surface area contributed by atoms with Gasteiger partial charge in [-0.05, 0) is 63.5 Å². The Morgan fingerprint density at radius 3 is 1.36 bits per heavy atom. The highest BCUT2D eigenvalue weighted by Gasteiger charge is 2.22. The quantitative estimate of drug-likeness (QED) is 0.154. The van der Waals surface area contributed by atoms with E-state index in [1.54, 1.807) is 0 Å². The van der Waals surface area contributed by atoms with Crippen LogP contribution in [0.4, 0.5) is 0 Å². The van der Waals surface area contributed by atoms with E-state index in [1.807, 2.05) is 24.3 Å². The molecule has 0 aliphatic carbocycles. The van der Waals surface area contributed by atoms with Gasteiger partial charge in [-0.1, -0.05) is 200 Å². The molecule has 0 atom stereocenters. The molecule has 4 nitrogen and oxygen atoms in total. The van der Waals surface area contributed by atoms with Crippen LogP contribution >= 0.6 is 0 Å². The minimum atomic E-state index is 0.691. The van der Waals surface area contributed by atoms with Gasteiger partial charge in [0.05, 0.1) is 22.6 Å². The van der Waals surface area contributed by atoms with Crippen molar-refractivity contribution in [2.75, 3.05) is 0 Å². The molecule has 61 heavy (non-hydrogen) atoms. The summed E-state index contributed by atoms with van der Waals surface area (Å²) in [5.74, 6) is 0.691.